The van der Waals surface area contributed by atoms with Gasteiger partial charge < -0.3 is 9.80 Å². The van der Waals surface area contributed by atoms with Crippen molar-refractivity contribution in [2.45, 2.75) is 40.0 Å². The lowest BCUT2D eigenvalue weighted by Gasteiger charge is -2.36. The normalized spacial score (nSPS) is 31.4. The van der Waals surface area contributed by atoms with Crippen molar-refractivity contribution >= 4 is 6.03 Å². The minimum atomic E-state index is 0.276. The summed E-state index contributed by atoms with van der Waals surface area (Å²) in [7, 11) is 0. The quantitative estimate of drug-likeness (QED) is 0.707. The summed E-state index contributed by atoms with van der Waals surface area (Å²) in [5.74, 6) is 0.710. The molecular weight excluding hydrogens is 200 g/mol. The van der Waals surface area contributed by atoms with Crippen LogP contribution < -0.4 is 0 Å². The molecule has 0 spiro atoms. The maximum atomic E-state index is 12.1. The molecule has 3 nitrogen and oxygen atoms in total. The highest BCUT2D eigenvalue weighted by Crippen LogP contribution is 2.39. The highest BCUT2D eigenvalue weighted by Gasteiger charge is 2.40. The Bertz CT molecular complexity index is 275. The number of hydrogen-bond donors (Lipinski definition) is 0. The first-order chi connectivity index (χ1) is 7.57. The number of nitrogens with zero attached hydrogens (tertiary/aromatic N) is 2. The van der Waals surface area contributed by atoms with Gasteiger partial charge in [0.2, 0.25) is 0 Å². The van der Waals surface area contributed by atoms with E-state index in [1.807, 2.05) is 4.90 Å². The van der Waals surface area contributed by atoms with Gasteiger partial charge in [-0.15, -0.1) is 0 Å². The van der Waals surface area contributed by atoms with E-state index in [1.54, 1.807) is 0 Å². The number of carbonyl (C=O) groups is 1. The molecule has 2 amide bonds. The van der Waals surface area contributed by atoms with Gasteiger partial charge in [0, 0.05) is 26.2 Å². The summed E-state index contributed by atoms with van der Waals surface area (Å²) >= 11 is 0. The van der Waals surface area contributed by atoms with Crippen LogP contribution >= 0.6 is 0 Å². The Hall–Kier alpha value is -0.730. The molecule has 3 heteroatoms. The zero-order valence-corrected chi connectivity index (χ0v) is 10.8. The average Bonchev–Trinajstić information content (AvgIpc) is 2.58. The first kappa shape index (κ1) is 11.7. The molecule has 0 saturated carbocycles. The largest absolute Gasteiger partial charge is 0.325 e. The fraction of sp³-hybridized carbons (Fsp3) is 0.923. The molecule has 2 rings (SSSR count). The van der Waals surface area contributed by atoms with Gasteiger partial charge in [-0.05, 0) is 24.2 Å². The topological polar surface area (TPSA) is 23.6 Å². The molecule has 92 valence electrons. The van der Waals surface area contributed by atoms with Crippen LogP contribution in [0, 0.1) is 11.3 Å². The van der Waals surface area contributed by atoms with Crippen molar-refractivity contribution in [2.75, 3.05) is 26.2 Å². The van der Waals surface area contributed by atoms with E-state index in [4.69, 9.17) is 0 Å². The van der Waals surface area contributed by atoms with Crippen LogP contribution in [0.1, 0.15) is 40.0 Å². The Morgan fingerprint density at radius 3 is 2.50 bits per heavy atom. The molecule has 2 atom stereocenters. The zero-order chi connectivity index (χ0) is 11.8. The lowest BCUT2D eigenvalue weighted by Crippen LogP contribution is -2.49. The van der Waals surface area contributed by atoms with Crippen molar-refractivity contribution < 1.29 is 4.79 Å². The van der Waals surface area contributed by atoms with Gasteiger partial charge in [-0.3, -0.25) is 0 Å². The third kappa shape index (κ3) is 1.92. The monoisotopic (exact) mass is 224 g/mol. The number of amides is 2. The fourth-order valence-corrected chi connectivity index (χ4v) is 2.75. The summed E-state index contributed by atoms with van der Waals surface area (Å²) in [6, 6.07) is 0.276. The second-order valence-corrected chi connectivity index (χ2v) is 5.76. The van der Waals surface area contributed by atoms with Crippen LogP contribution in [-0.4, -0.2) is 42.0 Å². The van der Waals surface area contributed by atoms with Crippen LogP contribution in [0.2, 0.25) is 0 Å². The van der Waals surface area contributed by atoms with Gasteiger partial charge in [0.05, 0.1) is 0 Å². The first-order valence-corrected chi connectivity index (χ1v) is 6.60. The summed E-state index contributed by atoms with van der Waals surface area (Å²) in [6.07, 6.45) is 3.56. The standard InChI is InChI=1S/C13H24N2O/c1-4-11(2)13(3)6-9-15(10-13)12(16)14-7-5-8-14/h11H,4-10H2,1-3H3/t11?,13-/m1/s1. The number of likely N-dealkylation sites (tertiary alicyclic amines) is 2. The van der Waals surface area contributed by atoms with E-state index in [0.717, 1.165) is 26.2 Å². The zero-order valence-electron chi connectivity index (χ0n) is 10.8. The van der Waals surface area contributed by atoms with Crippen LogP contribution in [0.5, 0.6) is 0 Å². The lowest BCUT2D eigenvalue weighted by molar-refractivity contribution is 0.125. The van der Waals surface area contributed by atoms with E-state index in [9.17, 15) is 4.79 Å². The molecule has 0 bridgehead atoms. The Labute approximate surface area is 98.8 Å². The first-order valence-electron chi connectivity index (χ1n) is 6.60. The summed E-state index contributed by atoms with van der Waals surface area (Å²) in [5.41, 5.74) is 0.343. The molecule has 2 aliphatic heterocycles. The van der Waals surface area contributed by atoms with Crippen LogP contribution in [-0.2, 0) is 0 Å². The molecule has 2 fully saturated rings. The number of rotatable bonds is 2. The van der Waals surface area contributed by atoms with Gasteiger partial charge in [-0.2, -0.15) is 0 Å². The summed E-state index contributed by atoms with van der Waals surface area (Å²) in [5, 5.41) is 0. The number of urea groups is 1. The highest BCUT2D eigenvalue weighted by molar-refractivity contribution is 5.75. The second kappa shape index (κ2) is 4.27. The summed E-state index contributed by atoms with van der Waals surface area (Å²) in [4.78, 5) is 16.1. The van der Waals surface area contributed by atoms with Crippen LogP contribution in [0.4, 0.5) is 4.79 Å². The molecule has 2 aliphatic rings. The van der Waals surface area contributed by atoms with Crippen molar-refractivity contribution in [1.82, 2.24) is 9.80 Å². The maximum absolute atomic E-state index is 12.1. The average molecular weight is 224 g/mol. The Morgan fingerprint density at radius 1 is 1.31 bits per heavy atom. The van der Waals surface area contributed by atoms with Crippen LogP contribution in [0.15, 0.2) is 0 Å². The molecule has 16 heavy (non-hydrogen) atoms. The summed E-state index contributed by atoms with van der Waals surface area (Å²) in [6.45, 7) is 10.7. The Morgan fingerprint density at radius 2 is 2.00 bits per heavy atom. The minimum absolute atomic E-state index is 0.276. The molecule has 0 aromatic carbocycles. The molecule has 1 unspecified atom stereocenters. The van der Waals surface area contributed by atoms with Crippen molar-refractivity contribution in [1.29, 1.82) is 0 Å². The maximum Gasteiger partial charge on any atom is 0.320 e. The third-order valence-corrected chi connectivity index (χ3v) is 4.70. The van der Waals surface area contributed by atoms with Gasteiger partial charge in [-0.25, -0.2) is 4.79 Å². The molecule has 2 heterocycles. The van der Waals surface area contributed by atoms with E-state index in [0.29, 0.717) is 11.3 Å². The molecule has 0 aromatic heterocycles. The molecule has 2 saturated heterocycles. The predicted molar refractivity (Wildman–Crippen MR) is 65.3 cm³/mol. The van der Waals surface area contributed by atoms with Gasteiger partial charge in [0.15, 0.2) is 0 Å². The van der Waals surface area contributed by atoms with Crippen molar-refractivity contribution in [3.63, 3.8) is 0 Å². The van der Waals surface area contributed by atoms with E-state index < -0.39 is 0 Å². The molecular formula is C13H24N2O. The van der Waals surface area contributed by atoms with E-state index in [2.05, 4.69) is 25.7 Å². The van der Waals surface area contributed by atoms with Gasteiger partial charge in [-0.1, -0.05) is 27.2 Å². The van der Waals surface area contributed by atoms with Crippen molar-refractivity contribution in [3.05, 3.63) is 0 Å². The second-order valence-electron chi connectivity index (χ2n) is 5.76. The smallest absolute Gasteiger partial charge is 0.320 e. The Kier molecular flexibility index (Phi) is 3.13. The fourth-order valence-electron chi connectivity index (χ4n) is 2.75. The van der Waals surface area contributed by atoms with Crippen molar-refractivity contribution in [2.24, 2.45) is 11.3 Å². The van der Waals surface area contributed by atoms with Gasteiger partial charge in [0.1, 0.15) is 0 Å². The van der Waals surface area contributed by atoms with Gasteiger partial charge >= 0.3 is 6.03 Å². The Balaban J connectivity index is 1.93. The minimum Gasteiger partial charge on any atom is -0.325 e. The lowest BCUT2D eigenvalue weighted by atomic mass is 9.76. The van der Waals surface area contributed by atoms with E-state index in [-0.39, 0.29) is 6.03 Å². The predicted octanol–water partition coefficient (Wildman–Crippen LogP) is 2.57. The number of hydrogen-bond acceptors (Lipinski definition) is 1. The van der Waals surface area contributed by atoms with Crippen LogP contribution in [0.25, 0.3) is 0 Å². The number of carbonyl (C=O) groups excluding carboxylic acids is 1. The summed E-state index contributed by atoms with van der Waals surface area (Å²) < 4.78 is 0. The highest BCUT2D eigenvalue weighted by atomic mass is 16.2. The molecule has 0 N–H and O–H groups in total. The molecule has 0 radical (unpaired) electrons. The molecule has 0 aromatic rings. The van der Waals surface area contributed by atoms with Gasteiger partial charge in [0.25, 0.3) is 0 Å². The molecule has 0 aliphatic carbocycles. The third-order valence-electron chi connectivity index (χ3n) is 4.70. The van der Waals surface area contributed by atoms with E-state index in [1.165, 1.54) is 19.3 Å². The van der Waals surface area contributed by atoms with E-state index >= 15 is 0 Å². The SMILES string of the molecule is CCC(C)[C@]1(C)CCN(C(=O)N2CCC2)C1. The van der Waals surface area contributed by atoms with Crippen LogP contribution in [0.3, 0.4) is 0 Å². The van der Waals surface area contributed by atoms with Crippen molar-refractivity contribution in [3.8, 4) is 0 Å².